The summed E-state index contributed by atoms with van der Waals surface area (Å²) < 4.78 is 4.56. The minimum absolute atomic E-state index is 0.00889. The Bertz CT molecular complexity index is 1130. The summed E-state index contributed by atoms with van der Waals surface area (Å²) in [5, 5.41) is 0. The Hall–Kier alpha value is -2.40. The molecule has 4 aromatic rings. The van der Waals surface area contributed by atoms with Crippen molar-refractivity contribution in [3.63, 3.8) is 0 Å². The molecule has 3 heterocycles. The molecule has 22 heavy (non-hydrogen) atoms. The van der Waals surface area contributed by atoms with E-state index in [1.807, 2.05) is 37.4 Å². The molecule has 0 atom stereocenters. The zero-order chi connectivity index (χ0) is 15.4. The molecule has 0 aliphatic carbocycles. The summed E-state index contributed by atoms with van der Waals surface area (Å²) in [7, 11) is 2.04. The SMILES string of the molecule is Cc1cc(/C=c2\sc3nc4ccccc4n3c2=O)c(C)n1C. The number of hydrogen-bond acceptors (Lipinski definition) is 3. The summed E-state index contributed by atoms with van der Waals surface area (Å²) in [4.78, 5) is 18.0. The number of aryl methyl sites for hydroxylation is 1. The van der Waals surface area contributed by atoms with Crippen LogP contribution in [0.4, 0.5) is 0 Å². The largest absolute Gasteiger partial charge is 0.352 e. The second kappa shape index (κ2) is 4.55. The van der Waals surface area contributed by atoms with Gasteiger partial charge in [0.1, 0.15) is 0 Å². The minimum Gasteiger partial charge on any atom is -0.352 e. The number of hydrogen-bond donors (Lipinski definition) is 0. The Morgan fingerprint density at radius 3 is 2.73 bits per heavy atom. The average Bonchev–Trinajstić information content (AvgIpc) is 3.09. The van der Waals surface area contributed by atoms with E-state index in [0.717, 1.165) is 31.8 Å². The van der Waals surface area contributed by atoms with Crippen LogP contribution in [0.3, 0.4) is 0 Å². The van der Waals surface area contributed by atoms with E-state index in [2.05, 4.69) is 29.5 Å². The van der Waals surface area contributed by atoms with Gasteiger partial charge in [0.05, 0.1) is 15.6 Å². The second-order valence-corrected chi connectivity index (χ2v) is 6.53. The Balaban J connectivity index is 2.03. The normalized spacial score (nSPS) is 12.8. The van der Waals surface area contributed by atoms with Crippen molar-refractivity contribution >= 4 is 33.4 Å². The Morgan fingerprint density at radius 2 is 2.00 bits per heavy atom. The molecule has 0 aliphatic rings. The smallest absolute Gasteiger partial charge is 0.274 e. The van der Waals surface area contributed by atoms with E-state index in [4.69, 9.17) is 0 Å². The third kappa shape index (κ3) is 1.75. The van der Waals surface area contributed by atoms with Crippen LogP contribution in [-0.2, 0) is 7.05 Å². The van der Waals surface area contributed by atoms with Gasteiger partial charge < -0.3 is 4.57 Å². The molecule has 0 amide bonds. The average molecular weight is 309 g/mol. The molecule has 110 valence electrons. The predicted molar refractivity (Wildman–Crippen MR) is 90.5 cm³/mol. The Kier molecular flexibility index (Phi) is 2.74. The molecule has 0 bridgehead atoms. The molecule has 4 rings (SSSR count). The van der Waals surface area contributed by atoms with Crippen molar-refractivity contribution in [2.75, 3.05) is 0 Å². The van der Waals surface area contributed by atoms with Gasteiger partial charge in [-0.3, -0.25) is 4.79 Å². The maximum atomic E-state index is 12.7. The summed E-state index contributed by atoms with van der Waals surface area (Å²) in [5.74, 6) is 0. The van der Waals surface area contributed by atoms with E-state index in [-0.39, 0.29) is 5.56 Å². The second-order valence-electron chi connectivity index (χ2n) is 5.52. The van der Waals surface area contributed by atoms with Crippen LogP contribution in [0, 0.1) is 13.8 Å². The number of para-hydroxylation sites is 2. The van der Waals surface area contributed by atoms with Crippen LogP contribution >= 0.6 is 11.3 Å². The van der Waals surface area contributed by atoms with Crippen molar-refractivity contribution in [3.05, 3.63) is 62.2 Å². The molecular formula is C17H15N3OS. The van der Waals surface area contributed by atoms with Gasteiger partial charge >= 0.3 is 0 Å². The van der Waals surface area contributed by atoms with Crippen LogP contribution in [-0.4, -0.2) is 14.0 Å². The monoisotopic (exact) mass is 309 g/mol. The standard InChI is InChI=1S/C17H15N3OS/c1-10-8-12(11(2)19(10)3)9-15-16(21)20-14-7-5-4-6-13(14)18-17(20)22-15/h4-9H,1-3H3/b15-9-. The molecule has 0 aliphatic heterocycles. The van der Waals surface area contributed by atoms with Gasteiger partial charge in [-0.05, 0) is 43.7 Å². The number of fused-ring (bicyclic) bond motifs is 3. The highest BCUT2D eigenvalue weighted by Gasteiger charge is 2.11. The highest BCUT2D eigenvalue weighted by Crippen LogP contribution is 2.17. The Labute approximate surface area is 130 Å². The summed E-state index contributed by atoms with van der Waals surface area (Å²) >= 11 is 1.44. The number of imidazole rings is 1. The first-order valence-electron chi connectivity index (χ1n) is 7.11. The third-order valence-electron chi connectivity index (χ3n) is 4.25. The number of aromatic nitrogens is 3. The maximum Gasteiger partial charge on any atom is 0.274 e. The number of thiazole rings is 1. The first-order chi connectivity index (χ1) is 10.6. The van der Waals surface area contributed by atoms with Crippen molar-refractivity contribution in [2.45, 2.75) is 13.8 Å². The number of benzene rings is 1. The fourth-order valence-electron chi connectivity index (χ4n) is 2.78. The zero-order valence-corrected chi connectivity index (χ0v) is 13.4. The lowest BCUT2D eigenvalue weighted by molar-refractivity contribution is 0.843. The molecule has 5 heteroatoms. The van der Waals surface area contributed by atoms with Gasteiger partial charge in [0.15, 0.2) is 4.96 Å². The minimum atomic E-state index is 0.00889. The molecular weight excluding hydrogens is 294 g/mol. The molecule has 0 N–H and O–H groups in total. The maximum absolute atomic E-state index is 12.7. The van der Waals surface area contributed by atoms with E-state index in [9.17, 15) is 4.79 Å². The van der Waals surface area contributed by atoms with Crippen molar-refractivity contribution < 1.29 is 0 Å². The lowest BCUT2D eigenvalue weighted by Gasteiger charge is -1.98. The molecule has 0 unspecified atom stereocenters. The Morgan fingerprint density at radius 1 is 1.23 bits per heavy atom. The van der Waals surface area contributed by atoms with E-state index >= 15 is 0 Å². The molecule has 0 fully saturated rings. The predicted octanol–water partition coefficient (Wildman–Crippen LogP) is 2.41. The van der Waals surface area contributed by atoms with Crippen molar-refractivity contribution in [2.24, 2.45) is 7.05 Å². The topological polar surface area (TPSA) is 39.3 Å². The highest BCUT2D eigenvalue weighted by atomic mass is 32.1. The van der Waals surface area contributed by atoms with Crippen LogP contribution in [0.25, 0.3) is 22.1 Å². The van der Waals surface area contributed by atoms with Gasteiger partial charge in [-0.1, -0.05) is 23.5 Å². The van der Waals surface area contributed by atoms with Crippen molar-refractivity contribution in [3.8, 4) is 0 Å². The van der Waals surface area contributed by atoms with Crippen LogP contribution < -0.4 is 10.1 Å². The van der Waals surface area contributed by atoms with E-state index in [0.29, 0.717) is 0 Å². The fourth-order valence-corrected chi connectivity index (χ4v) is 3.76. The van der Waals surface area contributed by atoms with Crippen LogP contribution in [0.15, 0.2) is 35.1 Å². The van der Waals surface area contributed by atoms with Crippen molar-refractivity contribution in [1.82, 2.24) is 14.0 Å². The molecule has 0 saturated carbocycles. The van der Waals surface area contributed by atoms with Gasteiger partial charge in [-0.15, -0.1) is 0 Å². The van der Waals surface area contributed by atoms with E-state index in [1.165, 1.54) is 17.0 Å². The molecule has 0 radical (unpaired) electrons. The summed E-state index contributed by atoms with van der Waals surface area (Å²) in [6, 6.07) is 9.85. The van der Waals surface area contributed by atoms with Gasteiger partial charge in [-0.2, -0.15) is 0 Å². The molecule has 1 aromatic carbocycles. The lowest BCUT2D eigenvalue weighted by Crippen LogP contribution is -2.22. The zero-order valence-electron chi connectivity index (χ0n) is 12.6. The first-order valence-corrected chi connectivity index (χ1v) is 7.92. The molecule has 0 saturated heterocycles. The summed E-state index contributed by atoms with van der Waals surface area (Å²) in [6.45, 7) is 4.13. The lowest BCUT2D eigenvalue weighted by atomic mass is 10.2. The van der Waals surface area contributed by atoms with Gasteiger partial charge in [0.2, 0.25) is 0 Å². The third-order valence-corrected chi connectivity index (χ3v) is 5.21. The molecule has 3 aromatic heterocycles. The fraction of sp³-hybridized carbons (Fsp3) is 0.176. The summed E-state index contributed by atoms with van der Waals surface area (Å²) in [5.41, 5.74) is 5.18. The number of rotatable bonds is 1. The van der Waals surface area contributed by atoms with Crippen LogP contribution in [0.2, 0.25) is 0 Å². The van der Waals surface area contributed by atoms with Gasteiger partial charge in [0.25, 0.3) is 5.56 Å². The number of nitrogens with zero attached hydrogens (tertiary/aromatic N) is 3. The molecule has 0 spiro atoms. The first kappa shape index (κ1) is 13.3. The van der Waals surface area contributed by atoms with Crippen LogP contribution in [0.1, 0.15) is 17.0 Å². The van der Waals surface area contributed by atoms with Gasteiger partial charge in [0, 0.05) is 18.4 Å². The summed E-state index contributed by atoms with van der Waals surface area (Å²) in [6.07, 6.45) is 1.97. The van der Waals surface area contributed by atoms with E-state index < -0.39 is 0 Å². The van der Waals surface area contributed by atoms with E-state index in [1.54, 1.807) is 4.40 Å². The van der Waals surface area contributed by atoms with Gasteiger partial charge in [-0.25, -0.2) is 9.38 Å². The quantitative estimate of drug-likeness (QED) is 0.542. The van der Waals surface area contributed by atoms with Crippen molar-refractivity contribution in [1.29, 1.82) is 0 Å². The highest BCUT2D eigenvalue weighted by molar-refractivity contribution is 7.15. The molecule has 4 nitrogen and oxygen atoms in total. The van der Waals surface area contributed by atoms with Crippen LogP contribution in [0.5, 0.6) is 0 Å².